The predicted molar refractivity (Wildman–Crippen MR) is 150 cm³/mol. The standard InChI is InChI=1S/C33H47NO3/c1-6-34(7-2)21-23-8-13-30(31(19-23)36-5)37-17-15-25-9-12-29-32-22(3)18-24-20-26(35)10-11-27(24)28(32)14-16-33(25,29)4/h8,10-11,13,19-20,22,25,28-29,32,35H,6-7,9,12,14-18,21H2,1-5H3/t22-,25-,28+,29-,32+,33+/m0/s1. The van der Waals surface area contributed by atoms with Crippen LogP contribution in [0.1, 0.15) is 82.4 Å². The van der Waals surface area contributed by atoms with Gasteiger partial charge in [0.15, 0.2) is 11.5 Å². The van der Waals surface area contributed by atoms with E-state index in [0.717, 1.165) is 68.3 Å². The van der Waals surface area contributed by atoms with E-state index < -0.39 is 0 Å². The third kappa shape index (κ3) is 4.99. The Kier molecular flexibility index (Phi) is 7.77. The summed E-state index contributed by atoms with van der Waals surface area (Å²) in [4.78, 5) is 2.41. The Morgan fingerprint density at radius 3 is 2.59 bits per heavy atom. The number of methoxy groups -OCH3 is 1. The van der Waals surface area contributed by atoms with Gasteiger partial charge in [0.2, 0.25) is 0 Å². The number of aromatic hydroxyl groups is 1. The summed E-state index contributed by atoms with van der Waals surface area (Å²) in [5.74, 6) is 5.75. The third-order valence-electron chi connectivity index (χ3n) is 10.5. The van der Waals surface area contributed by atoms with Crippen LogP contribution < -0.4 is 9.47 Å². The van der Waals surface area contributed by atoms with Crippen molar-refractivity contribution in [2.24, 2.45) is 29.1 Å². The van der Waals surface area contributed by atoms with Crippen molar-refractivity contribution in [1.82, 2.24) is 4.90 Å². The lowest BCUT2D eigenvalue weighted by Gasteiger charge is -2.53. The zero-order chi connectivity index (χ0) is 26.2. The highest BCUT2D eigenvalue weighted by atomic mass is 16.5. The summed E-state index contributed by atoms with van der Waals surface area (Å²) in [6.45, 7) is 13.3. The number of ether oxygens (including phenoxy) is 2. The molecule has 0 unspecified atom stereocenters. The molecule has 0 aliphatic heterocycles. The molecule has 0 bridgehead atoms. The summed E-state index contributed by atoms with van der Waals surface area (Å²) in [5.41, 5.74) is 4.59. The molecule has 37 heavy (non-hydrogen) atoms. The fourth-order valence-corrected chi connectivity index (χ4v) is 8.49. The second kappa shape index (κ2) is 10.9. The maximum absolute atomic E-state index is 10.0. The lowest BCUT2D eigenvalue weighted by molar-refractivity contribution is 0.000862. The zero-order valence-electron chi connectivity index (χ0n) is 23.6. The fourth-order valence-electron chi connectivity index (χ4n) is 8.49. The first kappa shape index (κ1) is 26.4. The van der Waals surface area contributed by atoms with Crippen molar-refractivity contribution in [2.75, 3.05) is 26.8 Å². The Labute approximate surface area is 224 Å². The smallest absolute Gasteiger partial charge is 0.161 e. The lowest BCUT2D eigenvalue weighted by Crippen LogP contribution is -2.45. The van der Waals surface area contributed by atoms with Crippen molar-refractivity contribution >= 4 is 0 Å². The number of hydrogen-bond acceptors (Lipinski definition) is 4. The Morgan fingerprint density at radius 2 is 1.84 bits per heavy atom. The first-order valence-corrected chi connectivity index (χ1v) is 14.7. The van der Waals surface area contributed by atoms with E-state index in [1.165, 1.54) is 42.4 Å². The van der Waals surface area contributed by atoms with E-state index in [0.29, 0.717) is 23.0 Å². The molecule has 2 aromatic rings. The molecular formula is C33H47NO3. The summed E-state index contributed by atoms with van der Waals surface area (Å²) < 4.78 is 12.1. The highest BCUT2D eigenvalue weighted by molar-refractivity contribution is 5.43. The van der Waals surface area contributed by atoms with Crippen molar-refractivity contribution in [3.8, 4) is 17.2 Å². The van der Waals surface area contributed by atoms with Crippen LogP contribution in [0.25, 0.3) is 0 Å². The van der Waals surface area contributed by atoms with Crippen molar-refractivity contribution in [3.05, 3.63) is 53.1 Å². The van der Waals surface area contributed by atoms with Crippen molar-refractivity contribution in [3.63, 3.8) is 0 Å². The summed E-state index contributed by atoms with van der Waals surface area (Å²) in [5, 5.41) is 10.0. The largest absolute Gasteiger partial charge is 0.508 e. The molecule has 2 saturated carbocycles. The van der Waals surface area contributed by atoms with Gasteiger partial charge in [0, 0.05) is 6.54 Å². The van der Waals surface area contributed by atoms with Crippen LogP contribution in [0.3, 0.4) is 0 Å². The van der Waals surface area contributed by atoms with Gasteiger partial charge in [-0.15, -0.1) is 0 Å². The van der Waals surface area contributed by atoms with Crippen LogP contribution in [0.15, 0.2) is 36.4 Å². The Balaban J connectivity index is 1.23. The summed E-state index contributed by atoms with van der Waals surface area (Å²) >= 11 is 0. The lowest BCUT2D eigenvalue weighted by atomic mass is 9.51. The van der Waals surface area contributed by atoms with Crippen LogP contribution in [-0.2, 0) is 13.0 Å². The molecule has 0 saturated heterocycles. The van der Waals surface area contributed by atoms with Crippen LogP contribution in [0, 0.1) is 29.1 Å². The average molecular weight is 506 g/mol. The van der Waals surface area contributed by atoms with Gasteiger partial charge in [-0.25, -0.2) is 0 Å². The van der Waals surface area contributed by atoms with Crippen molar-refractivity contribution < 1.29 is 14.6 Å². The van der Waals surface area contributed by atoms with Crippen LogP contribution in [-0.4, -0.2) is 36.8 Å². The van der Waals surface area contributed by atoms with E-state index in [9.17, 15) is 5.11 Å². The molecule has 3 aliphatic carbocycles. The highest BCUT2D eigenvalue weighted by Crippen LogP contribution is 2.64. The molecule has 5 rings (SSSR count). The van der Waals surface area contributed by atoms with Crippen LogP contribution >= 0.6 is 0 Å². The van der Waals surface area contributed by atoms with E-state index in [-0.39, 0.29) is 0 Å². The van der Waals surface area contributed by atoms with Gasteiger partial charge in [-0.05, 0) is 128 Å². The highest BCUT2D eigenvalue weighted by Gasteiger charge is 2.55. The fraction of sp³-hybridized carbons (Fsp3) is 0.636. The van der Waals surface area contributed by atoms with E-state index in [1.807, 2.05) is 12.1 Å². The monoisotopic (exact) mass is 505 g/mol. The number of phenolic OH excluding ortho intramolecular Hbond substituents is 1. The minimum Gasteiger partial charge on any atom is -0.508 e. The molecular weight excluding hydrogens is 458 g/mol. The topological polar surface area (TPSA) is 41.9 Å². The van der Waals surface area contributed by atoms with Crippen LogP contribution in [0.4, 0.5) is 0 Å². The summed E-state index contributed by atoms with van der Waals surface area (Å²) in [6, 6.07) is 12.6. The van der Waals surface area contributed by atoms with Gasteiger partial charge in [0.05, 0.1) is 13.7 Å². The number of rotatable bonds is 9. The minimum absolute atomic E-state index is 0.408. The molecule has 0 radical (unpaired) electrons. The van der Waals surface area contributed by atoms with Gasteiger partial charge >= 0.3 is 0 Å². The molecule has 1 N–H and O–H groups in total. The maximum Gasteiger partial charge on any atom is 0.161 e. The van der Waals surface area contributed by atoms with Gasteiger partial charge in [-0.3, -0.25) is 4.90 Å². The number of benzene rings is 2. The second-order valence-corrected chi connectivity index (χ2v) is 12.3. The van der Waals surface area contributed by atoms with Gasteiger partial charge < -0.3 is 14.6 Å². The molecule has 0 heterocycles. The molecule has 0 spiro atoms. The first-order valence-electron chi connectivity index (χ1n) is 14.7. The molecule has 2 fully saturated rings. The molecule has 4 nitrogen and oxygen atoms in total. The van der Waals surface area contributed by atoms with E-state index in [2.05, 4.69) is 56.9 Å². The van der Waals surface area contributed by atoms with Gasteiger partial charge in [0.25, 0.3) is 0 Å². The first-order chi connectivity index (χ1) is 17.9. The molecule has 3 aliphatic rings. The summed E-state index contributed by atoms with van der Waals surface area (Å²) in [7, 11) is 1.75. The summed E-state index contributed by atoms with van der Waals surface area (Å²) in [6.07, 6.45) is 7.48. The SMILES string of the molecule is CCN(CC)Cc1ccc(OCC[C@@H]2CC[C@H]3[C@H]4[C@H](CC[C@]23C)c2ccc(O)cc2C[C@@H]4C)c(OC)c1. The average Bonchev–Trinajstić information content (AvgIpc) is 3.23. The Morgan fingerprint density at radius 1 is 1.03 bits per heavy atom. The van der Waals surface area contributed by atoms with Gasteiger partial charge in [0.1, 0.15) is 5.75 Å². The molecule has 2 aromatic carbocycles. The number of fused-ring (bicyclic) bond motifs is 5. The number of hydrogen-bond donors (Lipinski definition) is 1. The van der Waals surface area contributed by atoms with E-state index >= 15 is 0 Å². The van der Waals surface area contributed by atoms with Crippen LogP contribution in [0.5, 0.6) is 17.2 Å². The molecule has 4 heteroatoms. The van der Waals surface area contributed by atoms with Gasteiger partial charge in [-0.2, -0.15) is 0 Å². The minimum atomic E-state index is 0.408. The molecule has 6 atom stereocenters. The Hall–Kier alpha value is -2.20. The van der Waals surface area contributed by atoms with Crippen molar-refractivity contribution in [1.29, 1.82) is 0 Å². The van der Waals surface area contributed by atoms with Gasteiger partial charge in [-0.1, -0.05) is 39.8 Å². The van der Waals surface area contributed by atoms with Crippen molar-refractivity contribution in [2.45, 2.75) is 78.7 Å². The number of phenols is 1. The molecule has 202 valence electrons. The Bertz CT molecular complexity index is 1080. The normalized spacial score (nSPS) is 30.5. The quantitative estimate of drug-likeness (QED) is 0.385. The zero-order valence-corrected chi connectivity index (χ0v) is 23.6. The van der Waals surface area contributed by atoms with Crippen LogP contribution in [0.2, 0.25) is 0 Å². The third-order valence-corrected chi connectivity index (χ3v) is 10.5. The second-order valence-electron chi connectivity index (χ2n) is 12.3. The molecule has 0 amide bonds. The number of nitrogens with zero attached hydrogens (tertiary/aromatic N) is 1. The van der Waals surface area contributed by atoms with E-state index in [4.69, 9.17) is 9.47 Å². The maximum atomic E-state index is 10.0. The van der Waals surface area contributed by atoms with E-state index in [1.54, 1.807) is 7.11 Å². The predicted octanol–water partition coefficient (Wildman–Crippen LogP) is 7.43. The molecule has 0 aromatic heterocycles.